The van der Waals surface area contributed by atoms with Crippen molar-refractivity contribution in [2.24, 2.45) is 0 Å². The van der Waals surface area contributed by atoms with E-state index in [9.17, 15) is 9.18 Å². The Hall–Kier alpha value is -2.58. The van der Waals surface area contributed by atoms with E-state index in [1.807, 2.05) is 16.8 Å². The molecule has 0 spiro atoms. The number of carbonyl (C=O) groups is 1. The van der Waals surface area contributed by atoms with Gasteiger partial charge in [0.1, 0.15) is 10.7 Å². The van der Waals surface area contributed by atoms with E-state index in [1.165, 1.54) is 28.7 Å². The largest absolute Gasteiger partial charge is 0.451 e. The highest BCUT2D eigenvalue weighted by Gasteiger charge is 2.20. The zero-order valence-corrected chi connectivity index (χ0v) is 14.6. The van der Waals surface area contributed by atoms with Gasteiger partial charge in [-0.15, -0.1) is 11.3 Å². The first kappa shape index (κ1) is 15.9. The maximum absolute atomic E-state index is 13.9. The number of nitrogens with zero attached hydrogens (tertiary/aromatic N) is 2. The van der Waals surface area contributed by atoms with Crippen LogP contribution in [-0.4, -0.2) is 16.1 Å². The van der Waals surface area contributed by atoms with Crippen LogP contribution in [0.25, 0.3) is 21.5 Å². The third-order valence-electron chi connectivity index (χ3n) is 3.66. The predicted octanol–water partition coefficient (Wildman–Crippen LogP) is 4.82. The molecule has 8 heteroatoms. The minimum atomic E-state index is -0.534. The van der Waals surface area contributed by atoms with Crippen molar-refractivity contribution in [1.29, 1.82) is 0 Å². The second kappa shape index (κ2) is 6.38. The van der Waals surface area contributed by atoms with Gasteiger partial charge < -0.3 is 9.26 Å². The molecular weight excluding hydrogens is 363 g/mol. The van der Waals surface area contributed by atoms with Crippen LogP contribution in [0, 0.1) is 12.7 Å². The van der Waals surface area contributed by atoms with Gasteiger partial charge >= 0.3 is 5.97 Å². The summed E-state index contributed by atoms with van der Waals surface area (Å²) < 4.78 is 25.0. The van der Waals surface area contributed by atoms with Gasteiger partial charge in [-0.2, -0.15) is 16.3 Å². The topological polar surface area (TPSA) is 65.2 Å². The van der Waals surface area contributed by atoms with E-state index in [0.29, 0.717) is 26.4 Å². The van der Waals surface area contributed by atoms with Gasteiger partial charge in [0.2, 0.25) is 5.82 Å². The molecule has 1 aromatic carbocycles. The molecule has 0 fully saturated rings. The van der Waals surface area contributed by atoms with Crippen molar-refractivity contribution in [3.8, 4) is 11.4 Å². The Balaban J connectivity index is 1.51. The van der Waals surface area contributed by atoms with Crippen LogP contribution in [0.4, 0.5) is 4.39 Å². The Morgan fingerprint density at radius 3 is 3.00 bits per heavy atom. The van der Waals surface area contributed by atoms with Gasteiger partial charge in [0.25, 0.3) is 5.89 Å². The molecule has 0 saturated heterocycles. The number of esters is 1. The lowest BCUT2D eigenvalue weighted by Gasteiger charge is -2.00. The second-order valence-electron chi connectivity index (χ2n) is 5.27. The first-order chi connectivity index (χ1) is 12.1. The van der Waals surface area contributed by atoms with E-state index in [0.717, 1.165) is 5.56 Å². The molecule has 0 aliphatic carbocycles. The molecule has 0 radical (unpaired) electrons. The molecule has 3 aromatic heterocycles. The SMILES string of the molecule is Cc1c(C(=O)OCc2nc(-c3ccsc3)no2)sc2cccc(F)c12. The van der Waals surface area contributed by atoms with Crippen LogP contribution in [-0.2, 0) is 11.3 Å². The van der Waals surface area contributed by atoms with Crippen LogP contribution < -0.4 is 0 Å². The van der Waals surface area contributed by atoms with E-state index in [2.05, 4.69) is 10.1 Å². The highest BCUT2D eigenvalue weighted by atomic mass is 32.1. The van der Waals surface area contributed by atoms with Crippen molar-refractivity contribution < 1.29 is 18.4 Å². The molecule has 126 valence electrons. The fourth-order valence-corrected chi connectivity index (χ4v) is 4.21. The van der Waals surface area contributed by atoms with Crippen LogP contribution in [0.1, 0.15) is 21.1 Å². The summed E-state index contributed by atoms with van der Waals surface area (Å²) in [7, 11) is 0. The van der Waals surface area contributed by atoms with Crippen molar-refractivity contribution in [3.63, 3.8) is 0 Å². The van der Waals surface area contributed by atoms with Gasteiger partial charge in [-0.1, -0.05) is 11.2 Å². The van der Waals surface area contributed by atoms with Gasteiger partial charge in [0, 0.05) is 21.0 Å². The molecule has 0 saturated carbocycles. The van der Waals surface area contributed by atoms with Gasteiger partial charge in [0.15, 0.2) is 6.61 Å². The van der Waals surface area contributed by atoms with Gasteiger partial charge in [0.05, 0.1) is 0 Å². The zero-order chi connectivity index (χ0) is 17.4. The van der Waals surface area contributed by atoms with Gasteiger partial charge in [-0.3, -0.25) is 0 Å². The molecule has 0 aliphatic heterocycles. The Kier molecular flexibility index (Phi) is 4.06. The molecule has 0 atom stereocenters. The number of aryl methyl sites for hydroxylation is 1. The summed E-state index contributed by atoms with van der Waals surface area (Å²) in [6, 6.07) is 6.65. The minimum Gasteiger partial charge on any atom is -0.451 e. The van der Waals surface area contributed by atoms with E-state index in [1.54, 1.807) is 19.1 Å². The number of benzene rings is 1. The van der Waals surface area contributed by atoms with Crippen molar-refractivity contribution in [3.05, 3.63) is 57.2 Å². The first-order valence-corrected chi connectivity index (χ1v) is 9.09. The average molecular weight is 374 g/mol. The number of aromatic nitrogens is 2. The lowest BCUT2D eigenvalue weighted by Crippen LogP contribution is -2.05. The van der Waals surface area contributed by atoms with Crippen LogP contribution in [0.5, 0.6) is 0 Å². The van der Waals surface area contributed by atoms with Crippen LogP contribution >= 0.6 is 22.7 Å². The van der Waals surface area contributed by atoms with Crippen molar-refractivity contribution in [1.82, 2.24) is 10.1 Å². The molecule has 25 heavy (non-hydrogen) atoms. The highest BCUT2D eigenvalue weighted by molar-refractivity contribution is 7.21. The molecule has 0 amide bonds. The van der Waals surface area contributed by atoms with Crippen LogP contribution in [0.3, 0.4) is 0 Å². The molecular formula is C17H11FN2O3S2. The monoisotopic (exact) mass is 374 g/mol. The second-order valence-corrected chi connectivity index (χ2v) is 7.10. The lowest BCUT2D eigenvalue weighted by atomic mass is 10.1. The summed E-state index contributed by atoms with van der Waals surface area (Å²) in [5.41, 5.74) is 1.43. The number of fused-ring (bicyclic) bond motifs is 1. The zero-order valence-electron chi connectivity index (χ0n) is 13.0. The lowest BCUT2D eigenvalue weighted by molar-refractivity contribution is 0.0435. The Morgan fingerprint density at radius 1 is 1.36 bits per heavy atom. The van der Waals surface area contributed by atoms with Crippen LogP contribution in [0.15, 0.2) is 39.5 Å². The van der Waals surface area contributed by atoms with Crippen molar-refractivity contribution >= 4 is 38.7 Å². The smallest absolute Gasteiger partial charge is 0.349 e. The minimum absolute atomic E-state index is 0.133. The maximum atomic E-state index is 13.9. The maximum Gasteiger partial charge on any atom is 0.349 e. The Labute approximate surface area is 149 Å². The Morgan fingerprint density at radius 2 is 2.24 bits per heavy atom. The van der Waals surface area contributed by atoms with Crippen molar-refractivity contribution in [2.45, 2.75) is 13.5 Å². The number of hydrogen-bond donors (Lipinski definition) is 0. The van der Waals surface area contributed by atoms with E-state index >= 15 is 0 Å². The predicted molar refractivity (Wildman–Crippen MR) is 93.3 cm³/mol. The molecule has 4 aromatic rings. The summed E-state index contributed by atoms with van der Waals surface area (Å²) in [4.78, 5) is 16.9. The average Bonchev–Trinajstić information content (AvgIpc) is 3.33. The summed E-state index contributed by atoms with van der Waals surface area (Å²) in [5.74, 6) is -0.220. The number of carbonyl (C=O) groups excluding carboxylic acids is 1. The fraction of sp³-hybridized carbons (Fsp3) is 0.118. The first-order valence-electron chi connectivity index (χ1n) is 7.33. The standard InChI is InChI=1S/C17H11FN2O3S2/c1-9-14-11(18)3-2-4-12(14)25-15(9)17(21)22-7-13-19-16(20-23-13)10-5-6-24-8-10/h2-6,8H,7H2,1H3. The molecule has 0 aliphatic rings. The van der Waals surface area contributed by atoms with Gasteiger partial charge in [-0.05, 0) is 36.1 Å². The molecule has 0 unspecified atom stereocenters. The molecule has 5 nitrogen and oxygen atoms in total. The quantitative estimate of drug-likeness (QED) is 0.479. The summed E-state index contributed by atoms with van der Waals surface area (Å²) in [5, 5.41) is 8.12. The molecule has 0 N–H and O–H groups in total. The summed E-state index contributed by atoms with van der Waals surface area (Å²) in [6.07, 6.45) is 0. The van der Waals surface area contributed by atoms with E-state index in [4.69, 9.17) is 9.26 Å². The normalized spacial score (nSPS) is 11.1. The fourth-order valence-electron chi connectivity index (χ4n) is 2.46. The van der Waals surface area contributed by atoms with Crippen molar-refractivity contribution in [2.75, 3.05) is 0 Å². The highest BCUT2D eigenvalue weighted by Crippen LogP contribution is 2.33. The number of thiophene rings is 2. The number of halogens is 1. The Bertz CT molecular complexity index is 1050. The molecule has 4 rings (SSSR count). The van der Waals surface area contributed by atoms with E-state index in [-0.39, 0.29) is 18.3 Å². The third kappa shape index (κ3) is 2.94. The summed E-state index contributed by atoms with van der Waals surface area (Å²) >= 11 is 2.73. The molecule has 3 heterocycles. The van der Waals surface area contributed by atoms with E-state index < -0.39 is 5.97 Å². The number of rotatable bonds is 4. The van der Waals surface area contributed by atoms with Crippen LogP contribution in [0.2, 0.25) is 0 Å². The summed E-state index contributed by atoms with van der Waals surface area (Å²) in [6.45, 7) is 1.58. The number of hydrogen-bond acceptors (Lipinski definition) is 7. The van der Waals surface area contributed by atoms with Gasteiger partial charge in [-0.25, -0.2) is 9.18 Å². The molecule has 0 bridgehead atoms. The number of ether oxygens (including phenoxy) is 1. The third-order valence-corrected chi connectivity index (χ3v) is 5.58.